The SMILES string of the molecule is CCOC(=O)[C@@H]1C(=O)C=C(N2CCOCC2)C[C@@H]1c1cccc(OC)c1. The lowest BCUT2D eigenvalue weighted by Crippen LogP contribution is -2.41. The number of hydrogen-bond donors (Lipinski definition) is 0. The van der Waals surface area contributed by atoms with Crippen molar-refractivity contribution in [3.8, 4) is 5.75 Å². The topological polar surface area (TPSA) is 65.1 Å². The van der Waals surface area contributed by atoms with Gasteiger partial charge in [0.15, 0.2) is 5.78 Å². The molecule has 1 aromatic carbocycles. The number of morpholine rings is 1. The van der Waals surface area contributed by atoms with Gasteiger partial charge in [-0.05, 0) is 31.0 Å². The van der Waals surface area contributed by atoms with Gasteiger partial charge in [0.05, 0.1) is 26.9 Å². The molecule has 0 spiro atoms. The van der Waals surface area contributed by atoms with Gasteiger partial charge < -0.3 is 19.1 Å². The standard InChI is InChI=1S/C20H25NO5/c1-3-26-20(23)19-17(14-5-4-6-16(11-14)24-2)12-15(13-18(19)22)21-7-9-25-10-8-21/h4-6,11,13,17,19H,3,7-10,12H2,1-2H3/t17-,19+/m1/s1. The van der Waals surface area contributed by atoms with Gasteiger partial charge in [0.2, 0.25) is 0 Å². The molecule has 1 aliphatic heterocycles. The number of carbonyl (C=O) groups is 2. The molecule has 0 amide bonds. The highest BCUT2D eigenvalue weighted by molar-refractivity contribution is 6.07. The summed E-state index contributed by atoms with van der Waals surface area (Å²) in [5, 5.41) is 0. The Kier molecular flexibility index (Phi) is 5.93. The molecule has 1 fully saturated rings. The Hall–Kier alpha value is -2.34. The Morgan fingerprint density at radius 1 is 1.31 bits per heavy atom. The second-order valence-electron chi connectivity index (χ2n) is 6.45. The molecule has 0 saturated carbocycles. The van der Waals surface area contributed by atoms with Crippen molar-refractivity contribution in [2.24, 2.45) is 5.92 Å². The molecular formula is C20H25NO5. The number of rotatable bonds is 5. The molecular weight excluding hydrogens is 334 g/mol. The number of benzene rings is 1. The number of esters is 1. The van der Waals surface area contributed by atoms with E-state index in [0.29, 0.717) is 25.4 Å². The Morgan fingerprint density at radius 3 is 2.77 bits per heavy atom. The van der Waals surface area contributed by atoms with E-state index in [-0.39, 0.29) is 18.3 Å². The van der Waals surface area contributed by atoms with Crippen LogP contribution in [0.4, 0.5) is 0 Å². The lowest BCUT2D eigenvalue weighted by molar-refractivity contribution is -0.152. The first-order valence-electron chi connectivity index (χ1n) is 9.01. The van der Waals surface area contributed by atoms with Crippen LogP contribution in [0.15, 0.2) is 36.0 Å². The van der Waals surface area contributed by atoms with E-state index in [1.807, 2.05) is 24.3 Å². The van der Waals surface area contributed by atoms with E-state index in [1.165, 1.54) is 0 Å². The minimum absolute atomic E-state index is 0.191. The van der Waals surface area contributed by atoms with Crippen LogP contribution in [0.1, 0.15) is 24.8 Å². The van der Waals surface area contributed by atoms with Gasteiger partial charge in [0.1, 0.15) is 11.7 Å². The molecule has 0 bridgehead atoms. The first-order valence-corrected chi connectivity index (χ1v) is 9.01. The van der Waals surface area contributed by atoms with Crippen molar-refractivity contribution >= 4 is 11.8 Å². The van der Waals surface area contributed by atoms with Crippen LogP contribution < -0.4 is 4.74 Å². The maximum Gasteiger partial charge on any atom is 0.317 e. The third kappa shape index (κ3) is 3.90. The van der Waals surface area contributed by atoms with Crippen LogP contribution in [0.3, 0.4) is 0 Å². The second-order valence-corrected chi connectivity index (χ2v) is 6.45. The summed E-state index contributed by atoms with van der Waals surface area (Å²) in [4.78, 5) is 27.5. The average Bonchev–Trinajstić information content (AvgIpc) is 2.68. The quantitative estimate of drug-likeness (QED) is 0.593. The zero-order valence-corrected chi connectivity index (χ0v) is 15.3. The first kappa shape index (κ1) is 18.5. The van der Waals surface area contributed by atoms with E-state index in [0.717, 1.165) is 24.4 Å². The number of ether oxygens (including phenoxy) is 3. The second kappa shape index (κ2) is 8.36. The predicted molar refractivity (Wildman–Crippen MR) is 96.0 cm³/mol. The molecule has 0 aromatic heterocycles. The Bertz CT molecular complexity index is 693. The molecule has 1 aliphatic carbocycles. The van der Waals surface area contributed by atoms with Gasteiger partial charge in [-0.2, -0.15) is 0 Å². The molecule has 2 atom stereocenters. The molecule has 26 heavy (non-hydrogen) atoms. The third-order valence-electron chi connectivity index (χ3n) is 4.93. The van der Waals surface area contributed by atoms with E-state index >= 15 is 0 Å². The normalized spacial score (nSPS) is 23.4. The Balaban J connectivity index is 1.94. The summed E-state index contributed by atoms with van der Waals surface area (Å²) in [5.74, 6) is -1.02. The van der Waals surface area contributed by atoms with Crippen LogP contribution in [0.25, 0.3) is 0 Å². The van der Waals surface area contributed by atoms with E-state index in [9.17, 15) is 9.59 Å². The third-order valence-corrected chi connectivity index (χ3v) is 4.93. The number of allylic oxidation sites excluding steroid dienone is 2. The van der Waals surface area contributed by atoms with E-state index < -0.39 is 11.9 Å². The zero-order chi connectivity index (χ0) is 18.5. The number of ketones is 1. The summed E-state index contributed by atoms with van der Waals surface area (Å²) in [7, 11) is 1.60. The fraction of sp³-hybridized carbons (Fsp3) is 0.500. The summed E-state index contributed by atoms with van der Waals surface area (Å²) < 4.78 is 15.9. The summed E-state index contributed by atoms with van der Waals surface area (Å²) in [6.07, 6.45) is 2.23. The van der Waals surface area contributed by atoms with Crippen molar-refractivity contribution in [2.45, 2.75) is 19.3 Å². The van der Waals surface area contributed by atoms with Gasteiger partial charge in [-0.25, -0.2) is 0 Å². The maximum atomic E-state index is 12.8. The van der Waals surface area contributed by atoms with Crippen LogP contribution in [-0.4, -0.2) is 56.7 Å². The lowest BCUT2D eigenvalue weighted by Gasteiger charge is -2.37. The van der Waals surface area contributed by atoms with Gasteiger partial charge in [0.25, 0.3) is 0 Å². The molecule has 6 heteroatoms. The van der Waals surface area contributed by atoms with Crippen molar-refractivity contribution in [2.75, 3.05) is 40.0 Å². The summed E-state index contributed by atoms with van der Waals surface area (Å²) >= 11 is 0. The number of nitrogens with zero attached hydrogens (tertiary/aromatic N) is 1. The van der Waals surface area contributed by atoms with E-state index in [4.69, 9.17) is 14.2 Å². The van der Waals surface area contributed by atoms with Crippen LogP contribution in [0, 0.1) is 5.92 Å². The Labute approximate surface area is 153 Å². The fourth-order valence-corrected chi connectivity index (χ4v) is 3.62. The van der Waals surface area contributed by atoms with Crippen molar-refractivity contribution < 1.29 is 23.8 Å². The molecule has 1 saturated heterocycles. The van der Waals surface area contributed by atoms with Gasteiger partial charge in [-0.15, -0.1) is 0 Å². The monoisotopic (exact) mass is 359 g/mol. The van der Waals surface area contributed by atoms with Crippen LogP contribution in [0.5, 0.6) is 5.75 Å². The number of hydrogen-bond acceptors (Lipinski definition) is 6. The van der Waals surface area contributed by atoms with Crippen LogP contribution in [0.2, 0.25) is 0 Å². The number of carbonyl (C=O) groups excluding carboxylic acids is 2. The maximum absolute atomic E-state index is 12.8. The van der Waals surface area contributed by atoms with Crippen LogP contribution >= 0.6 is 0 Å². The minimum atomic E-state index is -0.813. The van der Waals surface area contributed by atoms with Crippen molar-refractivity contribution in [3.05, 3.63) is 41.6 Å². The van der Waals surface area contributed by atoms with Crippen LogP contribution in [-0.2, 0) is 19.1 Å². The first-order chi connectivity index (χ1) is 12.6. The summed E-state index contributed by atoms with van der Waals surface area (Å²) in [6.45, 7) is 4.82. The molecule has 1 aromatic rings. The average molecular weight is 359 g/mol. The molecule has 3 rings (SSSR count). The van der Waals surface area contributed by atoms with Gasteiger partial charge in [-0.1, -0.05) is 12.1 Å². The van der Waals surface area contributed by atoms with Gasteiger partial charge in [0, 0.05) is 30.8 Å². The predicted octanol–water partition coefficient (Wildman–Crippen LogP) is 2.15. The molecule has 1 heterocycles. The highest BCUT2D eigenvalue weighted by Crippen LogP contribution is 2.39. The zero-order valence-electron chi connectivity index (χ0n) is 15.3. The lowest BCUT2D eigenvalue weighted by atomic mass is 9.76. The highest BCUT2D eigenvalue weighted by Gasteiger charge is 2.40. The van der Waals surface area contributed by atoms with E-state index in [1.54, 1.807) is 20.1 Å². The largest absolute Gasteiger partial charge is 0.497 e. The Morgan fingerprint density at radius 2 is 2.08 bits per heavy atom. The summed E-state index contributed by atoms with van der Waals surface area (Å²) in [6, 6.07) is 7.57. The van der Waals surface area contributed by atoms with Crippen molar-refractivity contribution in [1.82, 2.24) is 4.90 Å². The fourth-order valence-electron chi connectivity index (χ4n) is 3.62. The van der Waals surface area contributed by atoms with Crippen molar-refractivity contribution in [1.29, 1.82) is 0 Å². The smallest absolute Gasteiger partial charge is 0.317 e. The van der Waals surface area contributed by atoms with Gasteiger partial charge >= 0.3 is 5.97 Å². The number of methoxy groups -OCH3 is 1. The van der Waals surface area contributed by atoms with Crippen molar-refractivity contribution in [3.63, 3.8) is 0 Å². The van der Waals surface area contributed by atoms with E-state index in [2.05, 4.69) is 4.90 Å². The highest BCUT2D eigenvalue weighted by atomic mass is 16.5. The minimum Gasteiger partial charge on any atom is -0.497 e. The molecule has 6 nitrogen and oxygen atoms in total. The molecule has 140 valence electrons. The molecule has 0 unspecified atom stereocenters. The van der Waals surface area contributed by atoms with Gasteiger partial charge in [-0.3, -0.25) is 9.59 Å². The molecule has 2 aliphatic rings. The summed E-state index contributed by atoms with van der Waals surface area (Å²) in [5.41, 5.74) is 1.88. The molecule has 0 radical (unpaired) electrons. The molecule has 0 N–H and O–H groups in total.